The topological polar surface area (TPSA) is 15.3 Å². The maximum atomic E-state index is 4.28. The molecule has 0 atom stereocenters. The SMILES string of the molecule is CC1(C)CCC(C)(C)c2cc(Nc3c(-c4cc5c(c6c4[B]c4cccc7c4N6c4ccccc4C74c6ccccc6-c6ccccc64)-c4ccccc4C5(C)C)ccc4c3-c3ccccc3C4(C)C)ccc21. The first-order valence-electron chi connectivity index (χ1n) is 26.3. The largest absolute Gasteiger partial charge is 0.354 e. The van der Waals surface area contributed by atoms with Gasteiger partial charge in [0, 0.05) is 44.6 Å². The van der Waals surface area contributed by atoms with Crippen LogP contribution in [0.2, 0.25) is 0 Å². The zero-order valence-corrected chi connectivity index (χ0v) is 42.7. The number of hydrogen-bond donors (Lipinski definition) is 1. The molecule has 347 valence electrons. The molecular weight excluding hydrogens is 868 g/mol. The maximum absolute atomic E-state index is 4.28. The highest BCUT2D eigenvalue weighted by atomic mass is 15.2. The number of hydrogen-bond acceptors (Lipinski definition) is 2. The summed E-state index contributed by atoms with van der Waals surface area (Å²) in [5.74, 6) is 0. The summed E-state index contributed by atoms with van der Waals surface area (Å²) in [6.07, 6.45) is 2.36. The van der Waals surface area contributed by atoms with Crippen molar-refractivity contribution in [2.45, 2.75) is 95.3 Å². The number of rotatable bonds is 3. The molecule has 15 rings (SSSR count). The van der Waals surface area contributed by atoms with E-state index in [1.807, 2.05) is 0 Å². The van der Waals surface area contributed by atoms with Crippen molar-refractivity contribution in [2.75, 3.05) is 10.2 Å². The zero-order valence-electron chi connectivity index (χ0n) is 42.7. The Morgan fingerprint density at radius 2 is 0.931 bits per heavy atom. The van der Waals surface area contributed by atoms with Gasteiger partial charge in [0.15, 0.2) is 7.28 Å². The summed E-state index contributed by atoms with van der Waals surface area (Å²) in [7, 11) is 2.56. The molecule has 0 aromatic heterocycles. The van der Waals surface area contributed by atoms with Gasteiger partial charge in [-0.3, -0.25) is 0 Å². The molecular formula is C69H58BN2. The molecule has 0 saturated heterocycles. The molecule has 9 aromatic carbocycles. The summed E-state index contributed by atoms with van der Waals surface area (Å²) in [5.41, 5.74) is 32.1. The molecule has 0 amide bonds. The third kappa shape index (κ3) is 5.17. The van der Waals surface area contributed by atoms with Crippen LogP contribution in [-0.4, -0.2) is 7.28 Å². The molecule has 9 aromatic rings. The lowest BCUT2D eigenvalue weighted by atomic mass is 9.54. The number of nitrogens with zero attached hydrogens (tertiary/aromatic N) is 1. The molecule has 0 fully saturated rings. The molecule has 4 aliphatic carbocycles. The van der Waals surface area contributed by atoms with E-state index in [1.54, 1.807) is 0 Å². The Bertz CT molecular complexity index is 3850. The summed E-state index contributed by atoms with van der Waals surface area (Å²) in [6.45, 7) is 19.4. The van der Waals surface area contributed by atoms with E-state index < -0.39 is 5.41 Å². The van der Waals surface area contributed by atoms with Gasteiger partial charge in [0.05, 0.1) is 16.8 Å². The van der Waals surface area contributed by atoms with Crippen molar-refractivity contribution in [1.29, 1.82) is 0 Å². The van der Waals surface area contributed by atoms with Crippen molar-refractivity contribution in [3.05, 3.63) is 232 Å². The first-order chi connectivity index (χ1) is 34.7. The molecule has 1 N–H and O–H groups in total. The third-order valence-corrected chi connectivity index (χ3v) is 18.8. The predicted molar refractivity (Wildman–Crippen MR) is 303 cm³/mol. The minimum Gasteiger partial charge on any atom is -0.354 e. The lowest BCUT2D eigenvalue weighted by molar-refractivity contribution is 0.332. The fourth-order valence-corrected chi connectivity index (χ4v) is 15.1. The van der Waals surface area contributed by atoms with E-state index in [2.05, 4.69) is 249 Å². The van der Waals surface area contributed by atoms with E-state index in [-0.39, 0.29) is 21.7 Å². The van der Waals surface area contributed by atoms with E-state index in [0.717, 1.165) is 5.69 Å². The highest BCUT2D eigenvalue weighted by Crippen LogP contribution is 2.66. The van der Waals surface area contributed by atoms with Gasteiger partial charge in [-0.1, -0.05) is 213 Å². The number of anilines is 5. The van der Waals surface area contributed by atoms with Gasteiger partial charge in [-0.05, 0) is 137 Å². The normalized spacial score (nSPS) is 18.0. The molecule has 72 heavy (non-hydrogen) atoms. The molecule has 0 bridgehead atoms. The summed E-state index contributed by atoms with van der Waals surface area (Å²) >= 11 is 0. The van der Waals surface area contributed by atoms with Crippen LogP contribution in [0.4, 0.5) is 28.4 Å². The van der Waals surface area contributed by atoms with Crippen molar-refractivity contribution >= 4 is 46.6 Å². The Morgan fingerprint density at radius 3 is 1.61 bits per heavy atom. The van der Waals surface area contributed by atoms with Crippen LogP contribution in [0.5, 0.6) is 0 Å². The van der Waals surface area contributed by atoms with Crippen molar-refractivity contribution in [1.82, 2.24) is 0 Å². The van der Waals surface area contributed by atoms with Gasteiger partial charge < -0.3 is 10.2 Å². The second-order valence-corrected chi connectivity index (χ2v) is 24.1. The summed E-state index contributed by atoms with van der Waals surface area (Å²) in [4.78, 5) is 2.71. The zero-order chi connectivity index (χ0) is 48.8. The second-order valence-electron chi connectivity index (χ2n) is 24.1. The number of benzene rings is 9. The van der Waals surface area contributed by atoms with Crippen LogP contribution in [0.15, 0.2) is 176 Å². The smallest absolute Gasteiger partial charge is 0.197 e. The Morgan fingerprint density at radius 1 is 0.389 bits per heavy atom. The predicted octanol–water partition coefficient (Wildman–Crippen LogP) is 16.2. The molecule has 0 saturated carbocycles. The van der Waals surface area contributed by atoms with Gasteiger partial charge in [0.1, 0.15) is 0 Å². The van der Waals surface area contributed by atoms with E-state index in [9.17, 15) is 0 Å². The van der Waals surface area contributed by atoms with Crippen molar-refractivity contribution in [2.24, 2.45) is 0 Å². The van der Waals surface area contributed by atoms with Crippen molar-refractivity contribution < 1.29 is 0 Å². The minimum atomic E-state index is -0.495. The first kappa shape index (κ1) is 42.3. The first-order valence-corrected chi connectivity index (χ1v) is 26.3. The quantitative estimate of drug-likeness (QED) is 0.178. The molecule has 2 heterocycles. The van der Waals surface area contributed by atoms with Crippen LogP contribution in [0.1, 0.15) is 124 Å². The number of fused-ring (bicyclic) bond motifs is 19. The summed E-state index contributed by atoms with van der Waals surface area (Å²) < 4.78 is 0. The highest BCUT2D eigenvalue weighted by Gasteiger charge is 2.54. The van der Waals surface area contributed by atoms with Crippen LogP contribution >= 0.6 is 0 Å². The molecule has 0 unspecified atom stereocenters. The van der Waals surface area contributed by atoms with E-state index in [4.69, 9.17) is 0 Å². The van der Waals surface area contributed by atoms with E-state index >= 15 is 0 Å². The van der Waals surface area contributed by atoms with Crippen molar-refractivity contribution in [3.8, 4) is 44.5 Å². The molecule has 1 radical (unpaired) electrons. The number of nitrogens with one attached hydrogen (secondary N) is 1. The maximum Gasteiger partial charge on any atom is 0.197 e. The number of para-hydroxylation sites is 2. The van der Waals surface area contributed by atoms with Gasteiger partial charge in [-0.15, -0.1) is 0 Å². The van der Waals surface area contributed by atoms with E-state index in [0.29, 0.717) is 0 Å². The van der Waals surface area contributed by atoms with Crippen molar-refractivity contribution in [3.63, 3.8) is 0 Å². The average molecular weight is 926 g/mol. The Hall–Kier alpha value is -7.36. The summed E-state index contributed by atoms with van der Waals surface area (Å²) in [6, 6.07) is 68.0. The van der Waals surface area contributed by atoms with Gasteiger partial charge >= 0.3 is 0 Å². The van der Waals surface area contributed by atoms with Gasteiger partial charge in [-0.25, -0.2) is 0 Å². The van der Waals surface area contributed by atoms with Gasteiger partial charge in [0.2, 0.25) is 0 Å². The van der Waals surface area contributed by atoms with Crippen LogP contribution in [-0.2, 0) is 27.1 Å². The molecule has 1 spiro atoms. The third-order valence-electron chi connectivity index (χ3n) is 18.8. The molecule has 6 aliphatic rings. The molecule has 2 aliphatic heterocycles. The molecule has 3 heteroatoms. The minimum absolute atomic E-state index is 0.0748. The summed E-state index contributed by atoms with van der Waals surface area (Å²) in [5, 5.41) is 4.28. The van der Waals surface area contributed by atoms with Crippen LogP contribution < -0.4 is 21.1 Å². The van der Waals surface area contributed by atoms with Gasteiger partial charge in [0.25, 0.3) is 0 Å². The lowest BCUT2D eigenvalue weighted by Crippen LogP contribution is -2.47. The average Bonchev–Trinajstić information content (AvgIpc) is 3.91. The Kier molecular flexibility index (Phi) is 8.22. The second kappa shape index (κ2) is 14.0. The highest BCUT2D eigenvalue weighted by molar-refractivity contribution is 6.73. The lowest BCUT2D eigenvalue weighted by Gasteiger charge is -2.48. The van der Waals surface area contributed by atoms with Crippen LogP contribution in [0, 0.1) is 0 Å². The van der Waals surface area contributed by atoms with E-state index in [1.165, 1.54) is 147 Å². The fourth-order valence-electron chi connectivity index (χ4n) is 15.1. The fraction of sp³-hybridized carbons (Fsp3) is 0.217. The molecule has 2 nitrogen and oxygen atoms in total. The Labute approximate surface area is 426 Å². The van der Waals surface area contributed by atoms with Crippen LogP contribution in [0.3, 0.4) is 0 Å². The standard InChI is InChI=1S/C69H58BN2/c1-65(2)36-37-66(3,4)55-38-40(32-34-51(55)65)71-62-43(33-35-53-59(62)44-22-11-13-24-47(44)67(53,5)6)46-39-56-60(45-23-12-14-25-48(45)68(56,7)8)64-61(46)70-57-30-19-29-54-63(57)72(64)58-31-18-17-28-52(58)69(54)49-26-15-9-20-41(49)42-21-10-16-27-50(42)69/h9-35,38-39,71H,36-37H2,1-8H3. The van der Waals surface area contributed by atoms with Crippen LogP contribution in [0.25, 0.3) is 44.5 Å². The van der Waals surface area contributed by atoms with Gasteiger partial charge in [-0.2, -0.15) is 0 Å². The Balaban J connectivity index is 1.05. The monoisotopic (exact) mass is 925 g/mol.